The molecule has 0 unspecified atom stereocenters. The maximum Gasteiger partial charge on any atom is 0.407 e. The van der Waals surface area contributed by atoms with Crippen LogP contribution in [0.2, 0.25) is 0 Å². The van der Waals surface area contributed by atoms with Crippen LogP contribution in [-0.4, -0.2) is 48.0 Å². The van der Waals surface area contributed by atoms with Crippen LogP contribution < -0.4 is 10.6 Å². The van der Waals surface area contributed by atoms with Crippen LogP contribution in [0.1, 0.15) is 57.8 Å². The zero-order valence-corrected chi connectivity index (χ0v) is 16.9. The Morgan fingerprint density at radius 2 is 1.63 bits per heavy atom. The summed E-state index contributed by atoms with van der Waals surface area (Å²) < 4.78 is 5.12. The molecule has 0 aliphatic rings. The second kappa shape index (κ2) is 10.5. The molecule has 7 heteroatoms. The van der Waals surface area contributed by atoms with E-state index in [0.29, 0.717) is 37.3 Å². The number of anilines is 1. The van der Waals surface area contributed by atoms with E-state index >= 15 is 0 Å². The summed E-state index contributed by atoms with van der Waals surface area (Å²) in [6, 6.07) is 6.85. The average molecular weight is 377 g/mol. The fourth-order valence-corrected chi connectivity index (χ4v) is 2.37. The first-order valence-corrected chi connectivity index (χ1v) is 9.32. The lowest BCUT2D eigenvalue weighted by Crippen LogP contribution is -2.33. The Morgan fingerprint density at radius 1 is 1.04 bits per heavy atom. The van der Waals surface area contributed by atoms with E-state index < -0.39 is 11.7 Å². The first kappa shape index (κ1) is 22.5. The zero-order chi connectivity index (χ0) is 20.4. The van der Waals surface area contributed by atoms with Crippen molar-refractivity contribution >= 4 is 23.6 Å². The zero-order valence-electron chi connectivity index (χ0n) is 16.9. The van der Waals surface area contributed by atoms with Crippen LogP contribution in [0.15, 0.2) is 24.3 Å². The van der Waals surface area contributed by atoms with Crippen LogP contribution in [0.4, 0.5) is 10.5 Å². The van der Waals surface area contributed by atoms with E-state index in [2.05, 4.69) is 10.6 Å². The monoisotopic (exact) mass is 377 g/mol. The molecule has 3 amide bonds. The quantitative estimate of drug-likeness (QED) is 0.680. The first-order valence-electron chi connectivity index (χ1n) is 9.32. The van der Waals surface area contributed by atoms with E-state index in [4.69, 9.17) is 4.74 Å². The Kier molecular flexibility index (Phi) is 8.78. The molecule has 0 aromatic heterocycles. The van der Waals surface area contributed by atoms with Crippen molar-refractivity contribution in [3.63, 3.8) is 0 Å². The molecule has 1 aromatic carbocycles. The molecule has 0 bridgehead atoms. The van der Waals surface area contributed by atoms with Gasteiger partial charge in [-0.25, -0.2) is 4.79 Å². The van der Waals surface area contributed by atoms with Gasteiger partial charge < -0.3 is 20.3 Å². The van der Waals surface area contributed by atoms with Gasteiger partial charge in [0.1, 0.15) is 5.60 Å². The first-order chi connectivity index (χ1) is 12.7. The third kappa shape index (κ3) is 8.57. The summed E-state index contributed by atoms with van der Waals surface area (Å²) in [6.45, 7) is 10.9. The number of nitrogens with one attached hydrogen (secondary N) is 2. The number of hydrogen-bond donors (Lipinski definition) is 2. The SMILES string of the molecule is CCN(CC)C(=O)c1ccc(NC(=O)CCCNC(=O)OC(C)(C)C)cc1. The molecule has 0 radical (unpaired) electrons. The number of carbonyl (C=O) groups is 3. The summed E-state index contributed by atoms with van der Waals surface area (Å²) in [5.41, 5.74) is 0.690. The average Bonchev–Trinajstić information content (AvgIpc) is 2.59. The number of nitrogens with zero attached hydrogens (tertiary/aromatic N) is 1. The lowest BCUT2D eigenvalue weighted by molar-refractivity contribution is -0.116. The Balaban J connectivity index is 2.38. The summed E-state index contributed by atoms with van der Waals surface area (Å²) in [5, 5.41) is 5.40. The van der Waals surface area contributed by atoms with Crippen LogP contribution in [-0.2, 0) is 9.53 Å². The van der Waals surface area contributed by atoms with Gasteiger partial charge in [0, 0.05) is 37.3 Å². The van der Waals surface area contributed by atoms with Gasteiger partial charge in [-0.05, 0) is 65.3 Å². The third-order valence-corrected chi connectivity index (χ3v) is 3.72. The highest BCUT2D eigenvalue weighted by molar-refractivity contribution is 5.95. The Labute approximate surface area is 161 Å². The highest BCUT2D eigenvalue weighted by Crippen LogP contribution is 2.12. The van der Waals surface area contributed by atoms with E-state index in [1.54, 1.807) is 49.9 Å². The number of ether oxygens (including phenoxy) is 1. The Bertz CT molecular complexity index is 632. The number of hydrogen-bond acceptors (Lipinski definition) is 4. The largest absolute Gasteiger partial charge is 0.444 e. The van der Waals surface area contributed by atoms with Gasteiger partial charge in [0.05, 0.1) is 0 Å². The molecule has 0 aliphatic carbocycles. The van der Waals surface area contributed by atoms with Crippen LogP contribution in [0, 0.1) is 0 Å². The molecule has 2 N–H and O–H groups in total. The number of alkyl carbamates (subject to hydrolysis) is 1. The standard InChI is InChI=1S/C20H31N3O4/c1-6-23(7-2)18(25)15-10-12-16(13-11-15)22-17(24)9-8-14-21-19(26)27-20(3,4)5/h10-13H,6-9,14H2,1-5H3,(H,21,26)(H,22,24). The molecule has 0 saturated heterocycles. The molecule has 0 fully saturated rings. The van der Waals surface area contributed by atoms with Crippen molar-refractivity contribution < 1.29 is 19.1 Å². The molecular weight excluding hydrogens is 346 g/mol. The van der Waals surface area contributed by atoms with E-state index in [1.165, 1.54) is 0 Å². The van der Waals surface area contributed by atoms with Crippen molar-refractivity contribution in [2.24, 2.45) is 0 Å². The minimum Gasteiger partial charge on any atom is -0.444 e. The van der Waals surface area contributed by atoms with Crippen molar-refractivity contribution in [2.75, 3.05) is 25.0 Å². The minimum absolute atomic E-state index is 0.0221. The van der Waals surface area contributed by atoms with E-state index in [9.17, 15) is 14.4 Å². The van der Waals surface area contributed by atoms with Crippen LogP contribution >= 0.6 is 0 Å². The number of rotatable bonds is 8. The summed E-state index contributed by atoms with van der Waals surface area (Å²) >= 11 is 0. The van der Waals surface area contributed by atoms with Crippen molar-refractivity contribution in [3.05, 3.63) is 29.8 Å². The fourth-order valence-electron chi connectivity index (χ4n) is 2.37. The van der Waals surface area contributed by atoms with Gasteiger partial charge >= 0.3 is 6.09 Å². The maximum absolute atomic E-state index is 12.3. The molecule has 0 saturated carbocycles. The van der Waals surface area contributed by atoms with Gasteiger partial charge in [0.25, 0.3) is 5.91 Å². The van der Waals surface area contributed by atoms with E-state index in [1.807, 2.05) is 13.8 Å². The summed E-state index contributed by atoms with van der Waals surface area (Å²) in [7, 11) is 0. The third-order valence-electron chi connectivity index (χ3n) is 3.72. The van der Waals surface area contributed by atoms with Crippen molar-refractivity contribution in [1.82, 2.24) is 10.2 Å². The second-order valence-corrected chi connectivity index (χ2v) is 7.14. The molecular formula is C20H31N3O4. The van der Waals surface area contributed by atoms with Gasteiger partial charge in [-0.1, -0.05) is 0 Å². The number of carbonyl (C=O) groups excluding carboxylic acids is 3. The predicted octanol–water partition coefficient (Wildman–Crippen LogP) is 3.41. The van der Waals surface area contributed by atoms with Crippen LogP contribution in [0.3, 0.4) is 0 Å². The second-order valence-electron chi connectivity index (χ2n) is 7.14. The molecule has 0 spiro atoms. The number of benzene rings is 1. The summed E-state index contributed by atoms with van der Waals surface area (Å²) in [6.07, 6.45) is 0.288. The maximum atomic E-state index is 12.3. The Hall–Kier alpha value is -2.57. The minimum atomic E-state index is -0.541. The van der Waals surface area contributed by atoms with Gasteiger partial charge in [-0.2, -0.15) is 0 Å². The van der Waals surface area contributed by atoms with Crippen molar-refractivity contribution in [1.29, 1.82) is 0 Å². The molecule has 0 heterocycles. The molecule has 7 nitrogen and oxygen atoms in total. The molecule has 1 aromatic rings. The van der Waals surface area contributed by atoms with E-state index in [0.717, 1.165) is 0 Å². The molecule has 150 valence electrons. The predicted molar refractivity (Wildman–Crippen MR) is 106 cm³/mol. The Morgan fingerprint density at radius 3 is 2.15 bits per heavy atom. The smallest absolute Gasteiger partial charge is 0.407 e. The topological polar surface area (TPSA) is 87.7 Å². The highest BCUT2D eigenvalue weighted by atomic mass is 16.6. The fraction of sp³-hybridized carbons (Fsp3) is 0.550. The molecule has 0 atom stereocenters. The lowest BCUT2D eigenvalue weighted by Gasteiger charge is -2.19. The van der Waals surface area contributed by atoms with Gasteiger partial charge in [0.15, 0.2) is 0 Å². The van der Waals surface area contributed by atoms with Crippen LogP contribution in [0.5, 0.6) is 0 Å². The summed E-state index contributed by atoms with van der Waals surface area (Å²) in [4.78, 5) is 37.5. The van der Waals surface area contributed by atoms with Crippen LogP contribution in [0.25, 0.3) is 0 Å². The normalized spacial score (nSPS) is 10.9. The molecule has 27 heavy (non-hydrogen) atoms. The van der Waals surface area contributed by atoms with Gasteiger partial charge in [0.2, 0.25) is 5.91 Å². The van der Waals surface area contributed by atoms with Gasteiger partial charge in [-0.3, -0.25) is 9.59 Å². The van der Waals surface area contributed by atoms with E-state index in [-0.39, 0.29) is 18.2 Å². The van der Waals surface area contributed by atoms with Crippen molar-refractivity contribution in [3.8, 4) is 0 Å². The molecule has 0 aliphatic heterocycles. The lowest BCUT2D eigenvalue weighted by atomic mass is 10.1. The highest BCUT2D eigenvalue weighted by Gasteiger charge is 2.15. The van der Waals surface area contributed by atoms with Gasteiger partial charge in [-0.15, -0.1) is 0 Å². The number of amides is 3. The summed E-state index contributed by atoms with van der Waals surface area (Å²) in [5.74, 6) is -0.171. The molecule has 1 rings (SSSR count). The van der Waals surface area contributed by atoms with Crippen molar-refractivity contribution in [2.45, 2.75) is 53.1 Å².